The highest BCUT2D eigenvalue weighted by Crippen LogP contribution is 2.30. The van der Waals surface area contributed by atoms with Gasteiger partial charge in [0.2, 0.25) is 0 Å². The van der Waals surface area contributed by atoms with E-state index < -0.39 is 0 Å². The lowest BCUT2D eigenvalue weighted by atomic mass is 10.2. The van der Waals surface area contributed by atoms with Gasteiger partial charge in [-0.25, -0.2) is 0 Å². The van der Waals surface area contributed by atoms with Gasteiger partial charge in [-0.3, -0.25) is 0 Å². The van der Waals surface area contributed by atoms with Crippen LogP contribution < -0.4 is 9.47 Å². The van der Waals surface area contributed by atoms with Crippen LogP contribution in [-0.4, -0.2) is 19.6 Å². The number of para-hydroxylation sites is 1. The molecule has 1 aromatic rings. The summed E-state index contributed by atoms with van der Waals surface area (Å²) in [5.41, 5.74) is 1.08. The third-order valence-electron chi connectivity index (χ3n) is 1.92. The number of methoxy groups -OCH3 is 1. The van der Waals surface area contributed by atoms with Gasteiger partial charge < -0.3 is 9.47 Å². The molecule has 0 aliphatic heterocycles. The Hall–Kier alpha value is -0.890. The molecule has 0 amide bonds. The van der Waals surface area contributed by atoms with Gasteiger partial charge in [-0.2, -0.15) is 0 Å². The summed E-state index contributed by atoms with van der Waals surface area (Å²) in [6.07, 6.45) is 0.846. The lowest BCUT2D eigenvalue weighted by Gasteiger charge is -2.12. The van der Waals surface area contributed by atoms with Gasteiger partial charge in [0, 0.05) is 5.88 Å². The molecule has 0 unspecified atom stereocenters. The van der Waals surface area contributed by atoms with Gasteiger partial charge in [-0.15, -0.1) is 11.6 Å². The fourth-order valence-corrected chi connectivity index (χ4v) is 1.31. The van der Waals surface area contributed by atoms with E-state index in [1.54, 1.807) is 7.11 Å². The molecule has 0 aliphatic rings. The van der Waals surface area contributed by atoms with Gasteiger partial charge in [0.1, 0.15) is 0 Å². The van der Waals surface area contributed by atoms with Crippen molar-refractivity contribution in [3.8, 4) is 11.5 Å². The van der Waals surface area contributed by atoms with E-state index in [0.29, 0.717) is 12.5 Å². The Morgan fingerprint density at radius 1 is 1.36 bits per heavy atom. The van der Waals surface area contributed by atoms with Crippen molar-refractivity contribution in [1.29, 1.82) is 0 Å². The van der Waals surface area contributed by atoms with Crippen LogP contribution in [0.5, 0.6) is 11.5 Å². The van der Waals surface area contributed by atoms with Crippen molar-refractivity contribution in [2.24, 2.45) is 0 Å². The van der Waals surface area contributed by atoms with Crippen LogP contribution >= 0.6 is 11.6 Å². The zero-order chi connectivity index (χ0) is 10.4. The van der Waals surface area contributed by atoms with Gasteiger partial charge in [-0.1, -0.05) is 12.1 Å². The molecule has 0 fully saturated rings. The van der Waals surface area contributed by atoms with Gasteiger partial charge in [-0.05, 0) is 25.0 Å². The van der Waals surface area contributed by atoms with Crippen LogP contribution in [-0.2, 0) is 0 Å². The molecule has 78 valence electrons. The van der Waals surface area contributed by atoms with Gasteiger partial charge >= 0.3 is 0 Å². The zero-order valence-electron chi connectivity index (χ0n) is 8.55. The Bertz CT molecular complexity index is 287. The Morgan fingerprint density at radius 3 is 2.79 bits per heavy atom. The quantitative estimate of drug-likeness (QED) is 0.554. The third kappa shape index (κ3) is 2.81. The lowest BCUT2D eigenvalue weighted by Crippen LogP contribution is -2.01. The number of rotatable bonds is 5. The molecule has 14 heavy (non-hydrogen) atoms. The van der Waals surface area contributed by atoms with Crippen molar-refractivity contribution in [2.45, 2.75) is 13.3 Å². The maximum atomic E-state index is 5.59. The second kappa shape index (κ2) is 5.76. The van der Waals surface area contributed by atoms with Crippen molar-refractivity contribution in [1.82, 2.24) is 0 Å². The second-order valence-corrected chi connectivity index (χ2v) is 3.38. The third-order valence-corrected chi connectivity index (χ3v) is 2.19. The van der Waals surface area contributed by atoms with Crippen molar-refractivity contribution < 1.29 is 9.47 Å². The van der Waals surface area contributed by atoms with Gasteiger partial charge in [0.15, 0.2) is 11.5 Å². The van der Waals surface area contributed by atoms with E-state index >= 15 is 0 Å². The minimum atomic E-state index is 0.619. The summed E-state index contributed by atoms with van der Waals surface area (Å²) < 4.78 is 10.8. The maximum absolute atomic E-state index is 5.59. The summed E-state index contributed by atoms with van der Waals surface area (Å²) in [5, 5.41) is 0. The Morgan fingerprint density at radius 2 is 2.14 bits per heavy atom. The molecule has 0 N–H and O–H groups in total. The first kappa shape index (κ1) is 11.2. The number of alkyl halides is 1. The monoisotopic (exact) mass is 214 g/mol. The molecular weight excluding hydrogens is 200 g/mol. The van der Waals surface area contributed by atoms with Crippen molar-refractivity contribution in [3.63, 3.8) is 0 Å². The molecule has 0 radical (unpaired) electrons. The molecule has 0 atom stereocenters. The Kier molecular flexibility index (Phi) is 4.60. The zero-order valence-corrected chi connectivity index (χ0v) is 9.30. The van der Waals surface area contributed by atoms with Crippen molar-refractivity contribution >= 4 is 11.6 Å². The molecule has 0 aliphatic carbocycles. The topological polar surface area (TPSA) is 18.5 Å². The summed E-state index contributed by atoms with van der Waals surface area (Å²) in [6.45, 7) is 2.63. The normalized spacial score (nSPS) is 9.93. The molecule has 0 saturated carbocycles. The SMILES string of the molecule is COc1cccc(C)c1OCCCCl. The fourth-order valence-electron chi connectivity index (χ4n) is 1.20. The van der Waals surface area contributed by atoms with Crippen LogP contribution in [0.15, 0.2) is 18.2 Å². The van der Waals surface area contributed by atoms with Crippen molar-refractivity contribution in [2.75, 3.05) is 19.6 Å². The average molecular weight is 215 g/mol. The summed E-state index contributed by atoms with van der Waals surface area (Å²) in [7, 11) is 1.64. The molecule has 0 heterocycles. The Balaban J connectivity index is 2.72. The van der Waals surface area contributed by atoms with Crippen LogP contribution in [0.4, 0.5) is 0 Å². The highest BCUT2D eigenvalue weighted by atomic mass is 35.5. The van der Waals surface area contributed by atoms with Gasteiger partial charge in [0.25, 0.3) is 0 Å². The van der Waals surface area contributed by atoms with Crippen LogP contribution in [0, 0.1) is 6.92 Å². The summed E-state index contributed by atoms with van der Waals surface area (Å²) in [5.74, 6) is 2.22. The molecule has 0 saturated heterocycles. The summed E-state index contributed by atoms with van der Waals surface area (Å²) in [4.78, 5) is 0. The van der Waals surface area contributed by atoms with Crippen LogP contribution in [0.1, 0.15) is 12.0 Å². The molecule has 2 nitrogen and oxygen atoms in total. The average Bonchev–Trinajstić information content (AvgIpc) is 2.20. The molecule has 0 bridgehead atoms. The Labute approximate surface area is 89.8 Å². The number of aryl methyl sites for hydroxylation is 1. The number of halogens is 1. The smallest absolute Gasteiger partial charge is 0.164 e. The molecule has 1 aromatic carbocycles. The van der Waals surface area contributed by atoms with E-state index in [-0.39, 0.29) is 0 Å². The number of ether oxygens (including phenoxy) is 2. The standard InChI is InChI=1S/C11H15ClO2/c1-9-5-3-6-10(13-2)11(9)14-8-4-7-12/h3,5-6H,4,7-8H2,1-2H3. The molecule has 0 spiro atoms. The van der Waals surface area contributed by atoms with Gasteiger partial charge in [0.05, 0.1) is 13.7 Å². The highest BCUT2D eigenvalue weighted by molar-refractivity contribution is 6.17. The minimum absolute atomic E-state index is 0.619. The largest absolute Gasteiger partial charge is 0.493 e. The van der Waals surface area contributed by atoms with Crippen LogP contribution in [0.25, 0.3) is 0 Å². The van der Waals surface area contributed by atoms with E-state index in [4.69, 9.17) is 21.1 Å². The molecule has 1 rings (SSSR count). The van der Waals surface area contributed by atoms with E-state index in [2.05, 4.69) is 0 Å². The molecule has 0 aromatic heterocycles. The first-order valence-corrected chi connectivity index (χ1v) is 5.15. The second-order valence-electron chi connectivity index (χ2n) is 3.00. The van der Waals surface area contributed by atoms with E-state index in [1.165, 1.54) is 0 Å². The minimum Gasteiger partial charge on any atom is -0.493 e. The highest BCUT2D eigenvalue weighted by Gasteiger charge is 2.06. The number of hydrogen-bond acceptors (Lipinski definition) is 2. The summed E-state index contributed by atoms with van der Waals surface area (Å²) in [6, 6.07) is 5.84. The van der Waals surface area contributed by atoms with Crippen molar-refractivity contribution in [3.05, 3.63) is 23.8 Å². The van der Waals surface area contributed by atoms with E-state index in [1.807, 2.05) is 25.1 Å². The predicted molar refractivity (Wildman–Crippen MR) is 58.6 cm³/mol. The first-order chi connectivity index (χ1) is 6.79. The number of benzene rings is 1. The maximum Gasteiger partial charge on any atom is 0.164 e. The van der Waals surface area contributed by atoms with E-state index in [0.717, 1.165) is 23.5 Å². The number of hydrogen-bond donors (Lipinski definition) is 0. The fraction of sp³-hybridized carbons (Fsp3) is 0.455. The van der Waals surface area contributed by atoms with Crippen LogP contribution in [0.2, 0.25) is 0 Å². The van der Waals surface area contributed by atoms with Crippen LogP contribution in [0.3, 0.4) is 0 Å². The predicted octanol–water partition coefficient (Wildman–Crippen LogP) is 3.01. The molecular formula is C11H15ClO2. The lowest BCUT2D eigenvalue weighted by molar-refractivity contribution is 0.293. The van der Waals surface area contributed by atoms with E-state index in [9.17, 15) is 0 Å². The first-order valence-electron chi connectivity index (χ1n) is 4.62. The summed E-state index contributed by atoms with van der Waals surface area (Å²) >= 11 is 5.57. The molecule has 3 heteroatoms.